The SMILES string of the molecule is CC(C)COCCS(=O)(=O)c1ccc(N)cc1Cl. The monoisotopic (exact) mass is 291 g/mol. The van der Waals surface area contributed by atoms with Crippen molar-refractivity contribution in [3.8, 4) is 0 Å². The van der Waals surface area contributed by atoms with Gasteiger partial charge in [0.15, 0.2) is 9.84 Å². The van der Waals surface area contributed by atoms with Gasteiger partial charge in [0.05, 0.1) is 22.3 Å². The molecule has 0 atom stereocenters. The molecule has 1 rings (SSSR count). The van der Waals surface area contributed by atoms with Crippen LogP contribution in [0.4, 0.5) is 5.69 Å². The van der Waals surface area contributed by atoms with Crippen molar-refractivity contribution >= 4 is 27.1 Å². The van der Waals surface area contributed by atoms with E-state index in [1.165, 1.54) is 18.2 Å². The van der Waals surface area contributed by atoms with Crippen LogP contribution < -0.4 is 5.73 Å². The van der Waals surface area contributed by atoms with Crippen LogP contribution in [0.2, 0.25) is 5.02 Å². The smallest absolute Gasteiger partial charge is 0.182 e. The summed E-state index contributed by atoms with van der Waals surface area (Å²) in [6.45, 7) is 4.73. The molecule has 0 bridgehead atoms. The summed E-state index contributed by atoms with van der Waals surface area (Å²) in [7, 11) is -3.42. The summed E-state index contributed by atoms with van der Waals surface area (Å²) in [6.07, 6.45) is 0. The fourth-order valence-electron chi connectivity index (χ4n) is 1.37. The van der Waals surface area contributed by atoms with Crippen molar-refractivity contribution in [3.63, 3.8) is 0 Å². The Morgan fingerprint density at radius 1 is 1.39 bits per heavy atom. The third kappa shape index (κ3) is 4.48. The van der Waals surface area contributed by atoms with Crippen LogP contribution in [0, 0.1) is 5.92 Å². The second kappa shape index (κ2) is 6.41. The molecule has 0 amide bonds. The Morgan fingerprint density at radius 2 is 2.06 bits per heavy atom. The van der Waals surface area contributed by atoms with Crippen molar-refractivity contribution in [2.24, 2.45) is 5.92 Å². The second-order valence-corrected chi connectivity index (χ2v) is 6.96. The van der Waals surface area contributed by atoms with Gasteiger partial charge in [-0.25, -0.2) is 8.42 Å². The van der Waals surface area contributed by atoms with Crippen molar-refractivity contribution in [2.75, 3.05) is 24.7 Å². The molecule has 0 aromatic heterocycles. The molecule has 1 aromatic rings. The highest BCUT2D eigenvalue weighted by molar-refractivity contribution is 7.91. The average molecular weight is 292 g/mol. The zero-order valence-electron chi connectivity index (χ0n) is 10.5. The molecular weight excluding hydrogens is 274 g/mol. The molecule has 0 heterocycles. The van der Waals surface area contributed by atoms with E-state index >= 15 is 0 Å². The number of rotatable bonds is 6. The first-order valence-corrected chi connectivity index (χ1v) is 7.71. The van der Waals surface area contributed by atoms with Crippen molar-refractivity contribution in [2.45, 2.75) is 18.7 Å². The molecule has 4 nitrogen and oxygen atoms in total. The van der Waals surface area contributed by atoms with Crippen LogP contribution in [0.25, 0.3) is 0 Å². The molecule has 0 saturated carbocycles. The van der Waals surface area contributed by atoms with Gasteiger partial charge in [-0.3, -0.25) is 0 Å². The minimum Gasteiger partial charge on any atom is -0.399 e. The number of nitrogens with two attached hydrogens (primary N) is 1. The van der Waals surface area contributed by atoms with E-state index in [1.54, 1.807) is 0 Å². The van der Waals surface area contributed by atoms with Gasteiger partial charge in [0.2, 0.25) is 0 Å². The number of benzene rings is 1. The van der Waals surface area contributed by atoms with E-state index in [0.29, 0.717) is 18.2 Å². The third-order valence-corrected chi connectivity index (χ3v) is 4.39. The number of hydrogen-bond acceptors (Lipinski definition) is 4. The lowest BCUT2D eigenvalue weighted by Crippen LogP contribution is -2.15. The van der Waals surface area contributed by atoms with Crippen LogP contribution in [0.1, 0.15) is 13.8 Å². The highest BCUT2D eigenvalue weighted by atomic mass is 35.5. The van der Waals surface area contributed by atoms with Crippen molar-refractivity contribution in [1.29, 1.82) is 0 Å². The number of ether oxygens (including phenoxy) is 1. The topological polar surface area (TPSA) is 69.4 Å². The number of hydrogen-bond donors (Lipinski definition) is 1. The molecule has 18 heavy (non-hydrogen) atoms. The standard InChI is InChI=1S/C12H18ClNO3S/c1-9(2)8-17-5-6-18(15,16)12-4-3-10(14)7-11(12)13/h3-4,7,9H,5-6,8,14H2,1-2H3. The summed E-state index contributed by atoms with van der Waals surface area (Å²) < 4.78 is 29.3. The van der Waals surface area contributed by atoms with Crippen LogP contribution in [0.5, 0.6) is 0 Å². The van der Waals surface area contributed by atoms with Crippen LogP contribution >= 0.6 is 11.6 Å². The van der Waals surface area contributed by atoms with Crippen LogP contribution in [0.3, 0.4) is 0 Å². The normalized spacial score (nSPS) is 12.0. The molecule has 0 spiro atoms. The van der Waals surface area contributed by atoms with Crippen LogP contribution in [-0.4, -0.2) is 27.4 Å². The van der Waals surface area contributed by atoms with Gasteiger partial charge in [-0.1, -0.05) is 25.4 Å². The van der Waals surface area contributed by atoms with Gasteiger partial charge in [0.1, 0.15) is 0 Å². The molecule has 102 valence electrons. The van der Waals surface area contributed by atoms with Gasteiger partial charge in [-0.2, -0.15) is 0 Å². The highest BCUT2D eigenvalue weighted by Crippen LogP contribution is 2.24. The molecule has 6 heteroatoms. The summed E-state index contributed by atoms with van der Waals surface area (Å²) in [6, 6.07) is 4.38. The van der Waals surface area contributed by atoms with Gasteiger partial charge in [-0.15, -0.1) is 0 Å². The number of sulfone groups is 1. The Balaban J connectivity index is 2.69. The molecule has 0 aliphatic heterocycles. The summed E-state index contributed by atoms with van der Waals surface area (Å²) in [5, 5.41) is 0.152. The average Bonchev–Trinajstić information content (AvgIpc) is 2.23. The fourth-order valence-corrected chi connectivity index (χ4v) is 3.10. The summed E-state index contributed by atoms with van der Waals surface area (Å²) in [5.74, 6) is 0.302. The first-order chi connectivity index (χ1) is 8.33. The predicted octanol–water partition coefficient (Wildman–Crippen LogP) is 2.37. The van der Waals surface area contributed by atoms with Gasteiger partial charge < -0.3 is 10.5 Å². The van der Waals surface area contributed by atoms with Gasteiger partial charge in [0, 0.05) is 12.3 Å². The lowest BCUT2D eigenvalue weighted by Gasteiger charge is -2.09. The first-order valence-electron chi connectivity index (χ1n) is 5.68. The third-order valence-electron chi connectivity index (χ3n) is 2.24. The van der Waals surface area contributed by atoms with E-state index in [9.17, 15) is 8.42 Å². The molecule has 0 fully saturated rings. The molecule has 0 aliphatic rings. The Labute approximate surface area is 113 Å². The highest BCUT2D eigenvalue weighted by Gasteiger charge is 2.18. The van der Waals surface area contributed by atoms with E-state index in [0.717, 1.165) is 0 Å². The van der Waals surface area contributed by atoms with E-state index in [4.69, 9.17) is 22.1 Å². The van der Waals surface area contributed by atoms with Crippen molar-refractivity contribution < 1.29 is 13.2 Å². The fraction of sp³-hybridized carbons (Fsp3) is 0.500. The minimum absolute atomic E-state index is 0.0800. The zero-order valence-corrected chi connectivity index (χ0v) is 12.1. The number of nitrogen functional groups attached to an aromatic ring is 1. The lowest BCUT2D eigenvalue weighted by atomic mass is 10.2. The Bertz CT molecular complexity index is 500. The quantitative estimate of drug-likeness (QED) is 0.645. The number of halogens is 1. The summed E-state index contributed by atoms with van der Waals surface area (Å²) >= 11 is 5.88. The van der Waals surface area contributed by atoms with E-state index in [-0.39, 0.29) is 22.3 Å². The van der Waals surface area contributed by atoms with Gasteiger partial charge in [0.25, 0.3) is 0 Å². The zero-order chi connectivity index (χ0) is 13.8. The molecule has 0 saturated heterocycles. The lowest BCUT2D eigenvalue weighted by molar-refractivity contribution is 0.123. The maximum absolute atomic E-state index is 12.0. The second-order valence-electron chi connectivity index (χ2n) is 4.48. The molecule has 2 N–H and O–H groups in total. The van der Waals surface area contributed by atoms with Crippen molar-refractivity contribution in [1.82, 2.24) is 0 Å². The Hall–Kier alpha value is -0.780. The molecule has 0 radical (unpaired) electrons. The molecule has 0 aliphatic carbocycles. The number of anilines is 1. The maximum Gasteiger partial charge on any atom is 0.182 e. The van der Waals surface area contributed by atoms with E-state index in [1.807, 2.05) is 13.8 Å². The Kier molecular flexibility index (Phi) is 5.44. The van der Waals surface area contributed by atoms with Crippen LogP contribution in [-0.2, 0) is 14.6 Å². The molecular formula is C12H18ClNO3S. The first kappa shape index (κ1) is 15.3. The summed E-state index contributed by atoms with van der Waals surface area (Å²) in [5.41, 5.74) is 5.96. The van der Waals surface area contributed by atoms with Gasteiger partial charge in [-0.05, 0) is 24.1 Å². The molecule has 1 aromatic carbocycles. The largest absolute Gasteiger partial charge is 0.399 e. The molecule has 0 unspecified atom stereocenters. The Morgan fingerprint density at radius 3 is 2.61 bits per heavy atom. The van der Waals surface area contributed by atoms with Gasteiger partial charge >= 0.3 is 0 Å². The van der Waals surface area contributed by atoms with Crippen molar-refractivity contribution in [3.05, 3.63) is 23.2 Å². The predicted molar refractivity (Wildman–Crippen MR) is 73.6 cm³/mol. The maximum atomic E-state index is 12.0. The summed E-state index contributed by atoms with van der Waals surface area (Å²) in [4.78, 5) is 0.103. The van der Waals surface area contributed by atoms with E-state index < -0.39 is 9.84 Å². The van der Waals surface area contributed by atoms with Crippen LogP contribution in [0.15, 0.2) is 23.1 Å². The minimum atomic E-state index is -3.42. The van der Waals surface area contributed by atoms with E-state index in [2.05, 4.69) is 0 Å².